The second-order valence-electron chi connectivity index (χ2n) is 5.52. The van der Waals surface area contributed by atoms with Gasteiger partial charge in [-0.05, 0) is 24.5 Å². The molecule has 1 aliphatic carbocycles. The van der Waals surface area contributed by atoms with Crippen LogP contribution in [0.1, 0.15) is 19.3 Å². The van der Waals surface area contributed by atoms with Crippen molar-refractivity contribution < 1.29 is 24.2 Å². The summed E-state index contributed by atoms with van der Waals surface area (Å²) in [6.07, 6.45) is 2.45. The molecule has 2 rings (SSSR count). The number of nitrogens with one attached hydrogen (secondary N) is 2. The van der Waals surface area contributed by atoms with Gasteiger partial charge in [-0.3, -0.25) is 9.59 Å². The van der Waals surface area contributed by atoms with E-state index >= 15 is 0 Å². The lowest BCUT2D eigenvalue weighted by molar-refractivity contribution is -0.142. The number of para-hydroxylation sites is 1. The average molecular weight is 320 g/mol. The maximum atomic E-state index is 11.7. The van der Waals surface area contributed by atoms with Crippen molar-refractivity contribution in [3.05, 3.63) is 30.3 Å². The molecule has 0 aromatic heterocycles. The molecule has 1 fully saturated rings. The van der Waals surface area contributed by atoms with Crippen LogP contribution in [-0.2, 0) is 14.4 Å². The van der Waals surface area contributed by atoms with E-state index < -0.39 is 23.8 Å². The Hall–Kier alpha value is -2.57. The Morgan fingerprint density at radius 2 is 1.87 bits per heavy atom. The molecular formula is C16H20N2O5. The van der Waals surface area contributed by atoms with E-state index in [1.807, 2.05) is 6.07 Å². The highest BCUT2D eigenvalue weighted by Gasteiger charge is 2.30. The predicted molar refractivity (Wildman–Crippen MR) is 81.9 cm³/mol. The topological polar surface area (TPSA) is 105 Å². The van der Waals surface area contributed by atoms with E-state index in [9.17, 15) is 14.4 Å². The van der Waals surface area contributed by atoms with Crippen LogP contribution < -0.4 is 15.4 Å². The Kier molecular flexibility index (Phi) is 5.96. The van der Waals surface area contributed by atoms with Crippen molar-refractivity contribution in [3.63, 3.8) is 0 Å². The number of hydrogen-bond donors (Lipinski definition) is 3. The Labute approximate surface area is 134 Å². The molecule has 1 aliphatic rings. The van der Waals surface area contributed by atoms with Gasteiger partial charge in [-0.2, -0.15) is 0 Å². The quantitative estimate of drug-likeness (QED) is 0.616. The normalized spacial score (nSPS) is 14.6. The second-order valence-corrected chi connectivity index (χ2v) is 5.52. The third-order valence-corrected chi connectivity index (χ3v) is 3.46. The van der Waals surface area contributed by atoms with Crippen LogP contribution >= 0.6 is 0 Å². The number of carboxylic acids is 1. The van der Waals surface area contributed by atoms with E-state index in [0.29, 0.717) is 18.1 Å². The van der Waals surface area contributed by atoms with Crippen LogP contribution in [0.2, 0.25) is 0 Å². The number of ether oxygens (including phenoxy) is 1. The summed E-state index contributed by atoms with van der Waals surface area (Å²) < 4.78 is 5.24. The van der Waals surface area contributed by atoms with E-state index in [2.05, 4.69) is 10.6 Å². The van der Waals surface area contributed by atoms with Gasteiger partial charge < -0.3 is 20.5 Å². The molecule has 0 radical (unpaired) electrons. The van der Waals surface area contributed by atoms with Gasteiger partial charge in [-0.1, -0.05) is 31.0 Å². The van der Waals surface area contributed by atoms with Crippen molar-refractivity contribution in [2.75, 3.05) is 13.2 Å². The summed E-state index contributed by atoms with van der Waals surface area (Å²) in [5.74, 6) is -1.08. The van der Waals surface area contributed by atoms with Crippen LogP contribution in [0.3, 0.4) is 0 Å². The van der Waals surface area contributed by atoms with Crippen molar-refractivity contribution in [2.24, 2.45) is 5.92 Å². The Morgan fingerprint density at radius 3 is 2.48 bits per heavy atom. The summed E-state index contributed by atoms with van der Waals surface area (Å²) in [5, 5.41) is 13.9. The lowest BCUT2D eigenvalue weighted by Crippen LogP contribution is -2.46. The van der Waals surface area contributed by atoms with Crippen LogP contribution in [0.5, 0.6) is 5.75 Å². The van der Waals surface area contributed by atoms with Crippen molar-refractivity contribution in [2.45, 2.75) is 25.3 Å². The number of amides is 2. The molecule has 0 saturated heterocycles. The zero-order valence-electron chi connectivity index (χ0n) is 12.7. The molecule has 0 spiro atoms. The summed E-state index contributed by atoms with van der Waals surface area (Å²) in [7, 11) is 0. The summed E-state index contributed by atoms with van der Waals surface area (Å²) in [6, 6.07) is 7.94. The highest BCUT2D eigenvalue weighted by molar-refractivity contribution is 5.88. The summed E-state index contributed by atoms with van der Waals surface area (Å²) in [6.45, 7) is -0.479. The van der Waals surface area contributed by atoms with E-state index in [1.165, 1.54) is 0 Å². The van der Waals surface area contributed by atoms with E-state index in [0.717, 1.165) is 12.8 Å². The largest absolute Gasteiger partial charge is 0.484 e. The molecule has 1 saturated carbocycles. The zero-order chi connectivity index (χ0) is 16.7. The molecule has 1 aromatic carbocycles. The standard InChI is InChI=1S/C16H20N2O5/c19-14(18-13(16(21)22)8-11-6-7-11)9-17-15(20)10-23-12-4-2-1-3-5-12/h1-5,11,13H,6-10H2,(H,17,20)(H,18,19)(H,21,22). The minimum absolute atomic E-state index is 0.207. The number of hydrogen-bond acceptors (Lipinski definition) is 4. The predicted octanol–water partition coefficient (Wildman–Crippen LogP) is 0.551. The van der Waals surface area contributed by atoms with Gasteiger partial charge in [-0.15, -0.1) is 0 Å². The molecule has 7 nitrogen and oxygen atoms in total. The zero-order valence-corrected chi connectivity index (χ0v) is 12.7. The van der Waals surface area contributed by atoms with Crippen molar-refractivity contribution in [1.29, 1.82) is 0 Å². The van der Waals surface area contributed by atoms with Gasteiger partial charge in [-0.25, -0.2) is 4.79 Å². The van der Waals surface area contributed by atoms with Crippen LogP contribution in [-0.4, -0.2) is 42.1 Å². The highest BCUT2D eigenvalue weighted by Crippen LogP contribution is 2.33. The van der Waals surface area contributed by atoms with E-state index in [1.54, 1.807) is 24.3 Å². The first kappa shape index (κ1) is 16.8. The van der Waals surface area contributed by atoms with Crippen LogP contribution in [0, 0.1) is 5.92 Å². The molecule has 2 amide bonds. The molecule has 0 bridgehead atoms. The Morgan fingerprint density at radius 1 is 1.17 bits per heavy atom. The minimum atomic E-state index is -1.05. The SMILES string of the molecule is O=C(COc1ccccc1)NCC(=O)NC(CC1CC1)C(=O)O. The van der Waals surface area contributed by atoms with Gasteiger partial charge >= 0.3 is 5.97 Å². The molecule has 1 aromatic rings. The number of benzene rings is 1. The van der Waals surface area contributed by atoms with Crippen LogP contribution in [0.15, 0.2) is 30.3 Å². The molecule has 0 aliphatic heterocycles. The third-order valence-electron chi connectivity index (χ3n) is 3.46. The van der Waals surface area contributed by atoms with Gasteiger partial charge in [0, 0.05) is 0 Å². The minimum Gasteiger partial charge on any atom is -0.484 e. The number of rotatable bonds is 9. The fourth-order valence-corrected chi connectivity index (χ4v) is 2.05. The molecule has 23 heavy (non-hydrogen) atoms. The van der Waals surface area contributed by atoms with Gasteiger partial charge in [0.15, 0.2) is 6.61 Å². The maximum Gasteiger partial charge on any atom is 0.326 e. The Balaban J connectivity index is 1.66. The monoisotopic (exact) mass is 320 g/mol. The van der Waals surface area contributed by atoms with Crippen LogP contribution in [0.4, 0.5) is 0 Å². The van der Waals surface area contributed by atoms with Crippen molar-refractivity contribution in [3.8, 4) is 5.75 Å². The van der Waals surface area contributed by atoms with Crippen molar-refractivity contribution in [1.82, 2.24) is 10.6 Å². The van der Waals surface area contributed by atoms with Gasteiger partial charge in [0.2, 0.25) is 5.91 Å². The molecule has 1 unspecified atom stereocenters. The second kappa shape index (κ2) is 8.17. The summed E-state index contributed by atoms with van der Waals surface area (Å²) in [5.41, 5.74) is 0. The third kappa shape index (κ3) is 6.37. The van der Waals surface area contributed by atoms with E-state index in [-0.39, 0.29) is 13.2 Å². The van der Waals surface area contributed by atoms with Gasteiger partial charge in [0.25, 0.3) is 5.91 Å². The Bertz CT molecular complexity index is 557. The first-order chi connectivity index (χ1) is 11.0. The fraction of sp³-hybridized carbons (Fsp3) is 0.438. The smallest absolute Gasteiger partial charge is 0.326 e. The lowest BCUT2D eigenvalue weighted by Gasteiger charge is -2.14. The summed E-state index contributed by atoms with van der Waals surface area (Å²) in [4.78, 5) is 34.4. The van der Waals surface area contributed by atoms with Crippen LogP contribution in [0.25, 0.3) is 0 Å². The molecular weight excluding hydrogens is 300 g/mol. The maximum absolute atomic E-state index is 11.7. The fourth-order valence-electron chi connectivity index (χ4n) is 2.05. The van der Waals surface area contributed by atoms with E-state index in [4.69, 9.17) is 9.84 Å². The molecule has 124 valence electrons. The molecule has 7 heteroatoms. The van der Waals surface area contributed by atoms with Gasteiger partial charge in [0.1, 0.15) is 11.8 Å². The van der Waals surface area contributed by atoms with Crippen molar-refractivity contribution >= 4 is 17.8 Å². The number of carbonyl (C=O) groups is 3. The first-order valence-electron chi connectivity index (χ1n) is 7.51. The highest BCUT2D eigenvalue weighted by atomic mass is 16.5. The number of aliphatic carboxylic acids is 1. The van der Waals surface area contributed by atoms with Gasteiger partial charge in [0.05, 0.1) is 6.54 Å². The first-order valence-corrected chi connectivity index (χ1v) is 7.51. The molecule has 0 heterocycles. The number of carboxylic acid groups (broad SMARTS) is 1. The lowest BCUT2D eigenvalue weighted by atomic mass is 10.1. The molecule has 1 atom stereocenters. The summed E-state index contributed by atoms with van der Waals surface area (Å²) >= 11 is 0. The number of carbonyl (C=O) groups excluding carboxylic acids is 2. The molecule has 3 N–H and O–H groups in total. The average Bonchev–Trinajstić information content (AvgIpc) is 3.35.